The Bertz CT molecular complexity index is 139. The summed E-state index contributed by atoms with van der Waals surface area (Å²) in [5.41, 5.74) is 0. The second-order valence-corrected chi connectivity index (χ2v) is 4.27. The predicted octanol–water partition coefficient (Wildman–Crippen LogP) is 1.07. The third-order valence-electron chi connectivity index (χ3n) is 1.04. The fraction of sp³-hybridized carbons (Fsp3) is 0.833. The average molecular weight is 179 g/mol. The van der Waals surface area contributed by atoms with Crippen molar-refractivity contribution in [2.75, 3.05) is 19.4 Å². The van der Waals surface area contributed by atoms with E-state index in [9.17, 15) is 4.89 Å². The Morgan fingerprint density at radius 1 is 1.36 bits per heavy atom. The molecule has 0 aromatic rings. The maximum atomic E-state index is 9.48. The van der Waals surface area contributed by atoms with Gasteiger partial charge in [0, 0.05) is 0 Å². The van der Waals surface area contributed by atoms with E-state index in [0.717, 1.165) is 0 Å². The topological polar surface area (TPSA) is 62.5 Å². The minimum atomic E-state index is -3.11. The predicted molar refractivity (Wildman–Crippen MR) is 44.3 cm³/mol. The van der Waals surface area contributed by atoms with E-state index in [4.69, 9.17) is 14.3 Å². The van der Waals surface area contributed by atoms with Crippen molar-refractivity contribution in [1.29, 1.82) is 5.26 Å². The van der Waals surface area contributed by atoms with Crippen molar-refractivity contribution >= 4 is 7.94 Å². The Morgan fingerprint density at radius 2 is 1.82 bits per heavy atom. The van der Waals surface area contributed by atoms with Crippen LogP contribution in [0, 0.1) is 11.3 Å². The van der Waals surface area contributed by atoms with Gasteiger partial charge < -0.3 is 0 Å². The molecular weight excluding hydrogens is 165 g/mol. The Hall–Kier alpha value is -0.200. The van der Waals surface area contributed by atoms with E-state index in [1.807, 2.05) is 6.07 Å². The molecule has 0 aliphatic rings. The third-order valence-corrected chi connectivity index (χ3v) is 3.13. The molecule has 0 fully saturated rings. The van der Waals surface area contributed by atoms with Crippen molar-refractivity contribution in [3.8, 4) is 6.07 Å². The molecule has 0 radical (unpaired) electrons. The van der Waals surface area contributed by atoms with Crippen LogP contribution < -0.4 is 0 Å². The standard InChI is InChI=1S/C6H14NO3P/c1-3-9-11(8,6-5-7)10-4-2/h8,11H,3-4,6H2,1-2H3. The summed E-state index contributed by atoms with van der Waals surface area (Å²) in [7, 11) is -3.11. The summed E-state index contributed by atoms with van der Waals surface area (Å²) >= 11 is 0. The molecule has 4 nitrogen and oxygen atoms in total. The zero-order valence-corrected chi connectivity index (χ0v) is 7.83. The molecule has 0 amide bonds. The summed E-state index contributed by atoms with van der Waals surface area (Å²) in [5, 5.41) is 8.32. The SMILES string of the molecule is CCO[PH](O)(CC#N)OCC. The van der Waals surface area contributed by atoms with Crippen LogP contribution in [0.3, 0.4) is 0 Å². The number of nitriles is 1. The summed E-state index contributed by atoms with van der Waals surface area (Å²) in [6, 6.07) is 1.84. The summed E-state index contributed by atoms with van der Waals surface area (Å²) in [4.78, 5) is 9.48. The van der Waals surface area contributed by atoms with Crippen molar-refractivity contribution in [1.82, 2.24) is 0 Å². The minimum absolute atomic E-state index is 0.0331. The van der Waals surface area contributed by atoms with Crippen molar-refractivity contribution in [3.05, 3.63) is 0 Å². The fourth-order valence-electron chi connectivity index (χ4n) is 0.695. The Morgan fingerprint density at radius 3 is 2.09 bits per heavy atom. The molecule has 1 N–H and O–H groups in total. The monoisotopic (exact) mass is 179 g/mol. The number of nitrogens with zero attached hydrogens (tertiary/aromatic N) is 1. The zero-order valence-electron chi connectivity index (χ0n) is 6.83. The van der Waals surface area contributed by atoms with E-state index < -0.39 is 7.94 Å². The van der Waals surface area contributed by atoms with Crippen LogP contribution in [0.4, 0.5) is 0 Å². The van der Waals surface area contributed by atoms with E-state index >= 15 is 0 Å². The Balaban J connectivity index is 3.92. The van der Waals surface area contributed by atoms with E-state index in [1.165, 1.54) is 0 Å². The number of rotatable bonds is 5. The van der Waals surface area contributed by atoms with Gasteiger partial charge in [0.05, 0.1) is 0 Å². The normalized spacial score (nSPS) is 12.5. The van der Waals surface area contributed by atoms with Crippen LogP contribution >= 0.6 is 7.94 Å². The summed E-state index contributed by atoms with van der Waals surface area (Å²) < 4.78 is 9.92. The van der Waals surface area contributed by atoms with Gasteiger partial charge >= 0.3 is 66.4 Å². The van der Waals surface area contributed by atoms with Gasteiger partial charge in [0.2, 0.25) is 0 Å². The van der Waals surface area contributed by atoms with Crippen molar-refractivity contribution < 1.29 is 13.9 Å². The molecule has 0 heterocycles. The Kier molecular flexibility index (Phi) is 5.35. The Labute approximate surface area is 67.3 Å². The summed E-state index contributed by atoms with van der Waals surface area (Å²) in [6.07, 6.45) is -0.0331. The third kappa shape index (κ3) is 4.28. The van der Waals surface area contributed by atoms with E-state index in [1.54, 1.807) is 13.8 Å². The summed E-state index contributed by atoms with van der Waals surface area (Å²) in [5.74, 6) is 0. The second-order valence-electron chi connectivity index (χ2n) is 1.91. The average Bonchev–Trinajstić information content (AvgIpc) is 1.88. The molecule has 0 bridgehead atoms. The molecule has 0 aliphatic carbocycles. The second kappa shape index (κ2) is 5.45. The quantitative estimate of drug-likeness (QED) is 0.641. The van der Waals surface area contributed by atoms with Gasteiger partial charge in [-0.05, 0) is 0 Å². The molecular formula is C6H14NO3P. The van der Waals surface area contributed by atoms with Gasteiger partial charge in [0.15, 0.2) is 0 Å². The van der Waals surface area contributed by atoms with Crippen LogP contribution in [0.2, 0.25) is 0 Å². The molecule has 0 unspecified atom stereocenters. The molecule has 0 saturated carbocycles. The van der Waals surface area contributed by atoms with Gasteiger partial charge in [0.25, 0.3) is 0 Å². The first-order valence-corrected chi connectivity index (χ1v) is 5.52. The molecule has 0 aromatic carbocycles. The molecule has 0 saturated heterocycles. The van der Waals surface area contributed by atoms with E-state index in [2.05, 4.69) is 0 Å². The number of hydrogen-bond acceptors (Lipinski definition) is 4. The molecule has 11 heavy (non-hydrogen) atoms. The molecule has 0 aromatic heterocycles. The van der Waals surface area contributed by atoms with E-state index in [-0.39, 0.29) is 6.16 Å². The van der Waals surface area contributed by atoms with Gasteiger partial charge in [-0.15, -0.1) is 0 Å². The van der Waals surface area contributed by atoms with Gasteiger partial charge in [-0.2, -0.15) is 0 Å². The maximum absolute atomic E-state index is 9.48. The van der Waals surface area contributed by atoms with Crippen LogP contribution in [0.15, 0.2) is 0 Å². The van der Waals surface area contributed by atoms with Crippen molar-refractivity contribution in [3.63, 3.8) is 0 Å². The molecule has 0 atom stereocenters. The van der Waals surface area contributed by atoms with Gasteiger partial charge in [-0.3, -0.25) is 0 Å². The van der Waals surface area contributed by atoms with Gasteiger partial charge in [-0.1, -0.05) is 0 Å². The van der Waals surface area contributed by atoms with E-state index in [0.29, 0.717) is 13.2 Å². The first-order valence-electron chi connectivity index (χ1n) is 3.55. The zero-order chi connectivity index (χ0) is 8.74. The van der Waals surface area contributed by atoms with Gasteiger partial charge in [0.1, 0.15) is 0 Å². The van der Waals surface area contributed by atoms with Crippen LogP contribution in [-0.2, 0) is 9.05 Å². The molecule has 0 spiro atoms. The van der Waals surface area contributed by atoms with Crippen LogP contribution in [0.1, 0.15) is 13.8 Å². The van der Waals surface area contributed by atoms with Crippen molar-refractivity contribution in [2.45, 2.75) is 13.8 Å². The first-order chi connectivity index (χ1) is 5.18. The molecule has 0 aliphatic heterocycles. The van der Waals surface area contributed by atoms with Crippen LogP contribution in [0.5, 0.6) is 0 Å². The van der Waals surface area contributed by atoms with Crippen LogP contribution in [0.25, 0.3) is 0 Å². The summed E-state index contributed by atoms with van der Waals surface area (Å²) in [6.45, 7) is 4.28. The molecule has 0 rings (SSSR count). The molecule has 66 valence electrons. The molecule has 5 heteroatoms. The fourth-order valence-corrected chi connectivity index (χ4v) is 2.08. The van der Waals surface area contributed by atoms with Crippen molar-refractivity contribution in [2.24, 2.45) is 0 Å². The van der Waals surface area contributed by atoms with Gasteiger partial charge in [-0.25, -0.2) is 0 Å². The van der Waals surface area contributed by atoms with Crippen LogP contribution in [-0.4, -0.2) is 24.3 Å². The number of hydrogen-bond donors (Lipinski definition) is 1. The first kappa shape index (κ1) is 10.8.